The Morgan fingerprint density at radius 3 is 1.45 bits per heavy atom. The van der Waals surface area contributed by atoms with Crippen molar-refractivity contribution in [1.82, 2.24) is 9.80 Å². The van der Waals surface area contributed by atoms with E-state index in [4.69, 9.17) is 33.2 Å². The van der Waals surface area contributed by atoms with E-state index in [1.165, 1.54) is 0 Å². The predicted molar refractivity (Wildman–Crippen MR) is 258 cm³/mol. The second-order valence-corrected chi connectivity index (χ2v) is 18.9. The Labute approximate surface area is 397 Å². The third-order valence-electron chi connectivity index (χ3n) is 12.2. The maximum absolute atomic E-state index is 15.1. The van der Waals surface area contributed by atoms with E-state index in [1.54, 1.807) is 4.90 Å². The van der Waals surface area contributed by atoms with E-state index in [0.29, 0.717) is 39.1 Å². The first-order valence-corrected chi connectivity index (χ1v) is 23.7. The molecule has 2 fully saturated rings. The topological polar surface area (TPSA) is 105 Å². The molecule has 11 nitrogen and oxygen atoms in total. The van der Waals surface area contributed by atoms with Crippen LogP contribution in [-0.2, 0) is 66.2 Å². The minimum atomic E-state index is -0.822. The number of nitrogens with zero attached hydrogens (tertiary/aromatic N) is 2. The summed E-state index contributed by atoms with van der Waals surface area (Å²) < 4.78 is 46.1. The van der Waals surface area contributed by atoms with Crippen molar-refractivity contribution in [2.24, 2.45) is 0 Å². The van der Waals surface area contributed by atoms with Crippen molar-refractivity contribution < 1.29 is 42.7 Å². The molecule has 7 rings (SSSR count). The normalized spacial score (nSPS) is 21.5. The Bertz CT molecular complexity index is 2220. The molecule has 6 atom stereocenters. The number of benzene rings is 5. The molecule has 2 heterocycles. The summed E-state index contributed by atoms with van der Waals surface area (Å²) in [6.45, 7) is 11.2. The minimum absolute atomic E-state index is 0.0808. The van der Waals surface area contributed by atoms with Gasteiger partial charge in [-0.05, 0) is 75.3 Å². The molecule has 2 amide bonds. The molecule has 0 unspecified atom stereocenters. The summed E-state index contributed by atoms with van der Waals surface area (Å²) in [5.41, 5.74) is 3.37. The molecule has 0 saturated carbocycles. The SMILES string of the molecule is CC(C)(C)OC(=O)N1[C@@H](CCCC[C@H]2[C@H](OCc3ccccc3)[C@@H](OCc3ccccc3)[C@@H](OCc3ccccc3)[C@H](COCc3ccccc3)N2C(=O)OCc2ccccc2)COC1(C)C. The molecule has 0 radical (unpaired) electrons. The van der Waals surface area contributed by atoms with Gasteiger partial charge in [0.15, 0.2) is 0 Å². The Balaban J connectivity index is 1.25. The molecule has 2 saturated heterocycles. The van der Waals surface area contributed by atoms with E-state index < -0.39 is 53.9 Å². The lowest BCUT2D eigenvalue weighted by atomic mass is 9.85. The quantitative estimate of drug-likeness (QED) is 0.0706. The molecule has 2 aliphatic rings. The highest BCUT2D eigenvalue weighted by Crippen LogP contribution is 2.37. The van der Waals surface area contributed by atoms with Crippen molar-refractivity contribution >= 4 is 12.2 Å². The fourth-order valence-corrected chi connectivity index (χ4v) is 9.01. The van der Waals surface area contributed by atoms with Gasteiger partial charge in [0.25, 0.3) is 0 Å². The number of carbonyl (C=O) groups excluding carboxylic acids is 2. The van der Waals surface area contributed by atoms with Gasteiger partial charge in [0.1, 0.15) is 36.2 Å². The van der Waals surface area contributed by atoms with E-state index in [-0.39, 0.29) is 32.5 Å². The van der Waals surface area contributed by atoms with Gasteiger partial charge in [0.2, 0.25) is 0 Å². The zero-order chi connectivity index (χ0) is 47.1. The maximum Gasteiger partial charge on any atom is 0.412 e. The van der Waals surface area contributed by atoms with Crippen LogP contribution in [-0.4, -0.2) is 83.0 Å². The van der Waals surface area contributed by atoms with Crippen molar-refractivity contribution in [1.29, 1.82) is 0 Å². The molecule has 5 aromatic carbocycles. The van der Waals surface area contributed by atoms with Gasteiger partial charge in [-0.2, -0.15) is 0 Å². The number of rotatable bonds is 20. The summed E-state index contributed by atoms with van der Waals surface area (Å²) in [5, 5.41) is 0. The Hall–Kier alpha value is -5.56. The maximum atomic E-state index is 15.1. The average Bonchev–Trinajstić information content (AvgIpc) is 3.64. The van der Waals surface area contributed by atoms with Crippen LogP contribution in [0.15, 0.2) is 152 Å². The molecule has 0 bridgehead atoms. The van der Waals surface area contributed by atoms with E-state index in [1.807, 2.05) is 191 Å². The van der Waals surface area contributed by atoms with E-state index in [9.17, 15) is 4.79 Å². The molecule has 11 heteroatoms. The molecular weight excluding hydrogens is 845 g/mol. The van der Waals surface area contributed by atoms with Gasteiger partial charge in [-0.1, -0.05) is 165 Å². The predicted octanol–water partition coefficient (Wildman–Crippen LogP) is 11.3. The van der Waals surface area contributed by atoms with Crippen molar-refractivity contribution in [2.45, 2.75) is 141 Å². The van der Waals surface area contributed by atoms with Crippen LogP contribution in [0.5, 0.6) is 0 Å². The van der Waals surface area contributed by atoms with Crippen LogP contribution in [0.3, 0.4) is 0 Å². The van der Waals surface area contributed by atoms with Crippen molar-refractivity contribution in [3.05, 3.63) is 179 Å². The minimum Gasteiger partial charge on any atom is -0.445 e. The highest BCUT2D eigenvalue weighted by Gasteiger charge is 2.54. The summed E-state index contributed by atoms with van der Waals surface area (Å²) >= 11 is 0. The van der Waals surface area contributed by atoms with Gasteiger partial charge in [0.05, 0.1) is 57.8 Å². The zero-order valence-corrected chi connectivity index (χ0v) is 39.7. The molecule has 0 N–H and O–H groups in total. The molecule has 0 spiro atoms. The van der Waals surface area contributed by atoms with E-state index in [0.717, 1.165) is 34.2 Å². The van der Waals surface area contributed by atoms with Gasteiger partial charge >= 0.3 is 12.2 Å². The van der Waals surface area contributed by atoms with Crippen molar-refractivity contribution in [3.8, 4) is 0 Å². The lowest BCUT2D eigenvalue weighted by molar-refractivity contribution is -0.223. The molecule has 2 aliphatic heterocycles. The van der Waals surface area contributed by atoms with Crippen LogP contribution in [0.4, 0.5) is 9.59 Å². The first-order chi connectivity index (χ1) is 32.4. The van der Waals surface area contributed by atoms with Crippen molar-refractivity contribution in [3.63, 3.8) is 0 Å². The van der Waals surface area contributed by atoms with Crippen LogP contribution in [0.25, 0.3) is 0 Å². The number of amides is 2. The average molecular weight is 913 g/mol. The number of hydrogen-bond donors (Lipinski definition) is 0. The fourth-order valence-electron chi connectivity index (χ4n) is 9.01. The number of unbranched alkanes of at least 4 members (excludes halogenated alkanes) is 1. The standard InChI is InChI=1S/C56H68N2O9/c1-55(2,3)67-54(60)58-47(40-66-56(58,4)5)33-21-22-34-48-50(62-36-43-25-13-7-14-26-43)52(64-38-45-29-17-9-18-30-45)51(63-37-44-27-15-8-16-28-44)49(41-61-35-42-23-11-6-12-24-42)57(48)53(59)65-39-46-31-19-10-20-32-46/h6-20,23-32,47-52H,21-22,33-41H2,1-5H3/t47-,48-,49-,50-,51-,52+/m0/s1. The van der Waals surface area contributed by atoms with Crippen LogP contribution >= 0.6 is 0 Å². The third-order valence-corrected chi connectivity index (χ3v) is 12.2. The number of hydrogen-bond acceptors (Lipinski definition) is 9. The van der Waals surface area contributed by atoms with E-state index >= 15 is 4.79 Å². The Morgan fingerprint density at radius 2 is 0.970 bits per heavy atom. The van der Waals surface area contributed by atoms with Crippen LogP contribution in [0.2, 0.25) is 0 Å². The van der Waals surface area contributed by atoms with Gasteiger partial charge in [-0.3, -0.25) is 9.80 Å². The van der Waals surface area contributed by atoms with Gasteiger partial charge in [-0.15, -0.1) is 0 Å². The lowest BCUT2D eigenvalue weighted by Crippen LogP contribution is -2.70. The molecule has 356 valence electrons. The highest BCUT2D eigenvalue weighted by molar-refractivity contribution is 5.70. The third kappa shape index (κ3) is 14.2. The monoisotopic (exact) mass is 912 g/mol. The van der Waals surface area contributed by atoms with Gasteiger partial charge in [-0.25, -0.2) is 9.59 Å². The summed E-state index contributed by atoms with van der Waals surface area (Å²) in [4.78, 5) is 32.3. The number of likely N-dealkylation sites (tertiary alicyclic amines) is 1. The molecule has 0 aromatic heterocycles. The zero-order valence-electron chi connectivity index (χ0n) is 39.7. The van der Waals surface area contributed by atoms with Crippen LogP contribution in [0, 0.1) is 0 Å². The van der Waals surface area contributed by atoms with Gasteiger partial charge < -0.3 is 33.2 Å². The van der Waals surface area contributed by atoms with Crippen LogP contribution in [0.1, 0.15) is 88.1 Å². The van der Waals surface area contributed by atoms with E-state index in [2.05, 4.69) is 0 Å². The number of ether oxygens (including phenoxy) is 7. The lowest BCUT2D eigenvalue weighted by Gasteiger charge is -2.52. The molecule has 5 aromatic rings. The summed E-state index contributed by atoms with van der Waals surface area (Å²) in [7, 11) is 0. The van der Waals surface area contributed by atoms with Crippen molar-refractivity contribution in [2.75, 3.05) is 13.2 Å². The molecular formula is C56H68N2O9. The fraction of sp³-hybridized carbons (Fsp3) is 0.429. The number of piperidine rings is 1. The largest absolute Gasteiger partial charge is 0.445 e. The van der Waals surface area contributed by atoms with Gasteiger partial charge in [0, 0.05) is 0 Å². The molecule has 67 heavy (non-hydrogen) atoms. The Morgan fingerprint density at radius 1 is 0.552 bits per heavy atom. The second kappa shape index (κ2) is 23.9. The summed E-state index contributed by atoms with van der Waals surface area (Å²) in [5.74, 6) is 0. The molecule has 0 aliphatic carbocycles. The highest BCUT2D eigenvalue weighted by atomic mass is 16.6. The number of carbonyl (C=O) groups is 2. The Kier molecular flexibility index (Phi) is 17.6. The second-order valence-electron chi connectivity index (χ2n) is 18.9. The summed E-state index contributed by atoms with van der Waals surface area (Å²) in [6, 6.07) is 48.5. The summed E-state index contributed by atoms with van der Waals surface area (Å²) in [6.07, 6.45) is -0.272. The van der Waals surface area contributed by atoms with Crippen LogP contribution < -0.4 is 0 Å². The smallest absolute Gasteiger partial charge is 0.412 e. The first kappa shape index (κ1) is 49.3. The first-order valence-electron chi connectivity index (χ1n) is 23.7.